The second-order valence-electron chi connectivity index (χ2n) is 5.39. The number of benzene rings is 1. The van der Waals surface area contributed by atoms with Crippen LogP contribution in [0.15, 0.2) is 30.6 Å². The van der Waals surface area contributed by atoms with Crippen LogP contribution in [0.2, 0.25) is 15.1 Å². The predicted molar refractivity (Wildman–Crippen MR) is 98.6 cm³/mol. The highest BCUT2D eigenvalue weighted by Crippen LogP contribution is 2.38. The van der Waals surface area contributed by atoms with E-state index in [2.05, 4.69) is 9.97 Å². The van der Waals surface area contributed by atoms with Crippen LogP contribution in [0.3, 0.4) is 0 Å². The fraction of sp³-hybridized carbons (Fsp3) is 0.235. The molecule has 0 bridgehead atoms. The third-order valence-corrected chi connectivity index (χ3v) is 4.67. The van der Waals surface area contributed by atoms with Gasteiger partial charge in [0.2, 0.25) is 0 Å². The van der Waals surface area contributed by atoms with Crippen molar-refractivity contribution in [2.75, 3.05) is 6.54 Å². The zero-order valence-electron chi connectivity index (χ0n) is 12.4. The number of rotatable bonds is 5. The molecule has 120 valence electrons. The van der Waals surface area contributed by atoms with Gasteiger partial charge < -0.3 is 10.7 Å². The number of H-pyrrole nitrogens is 1. The molecular weight excluding hydrogens is 353 g/mol. The number of hydrogen-bond donors (Lipinski definition) is 2. The van der Waals surface area contributed by atoms with Gasteiger partial charge in [0.15, 0.2) is 0 Å². The summed E-state index contributed by atoms with van der Waals surface area (Å²) in [7, 11) is 0. The fourth-order valence-corrected chi connectivity index (χ4v) is 3.54. The Balaban J connectivity index is 2.21. The zero-order chi connectivity index (χ0) is 16.4. The highest BCUT2D eigenvalue weighted by molar-refractivity contribution is 6.38. The molecule has 0 saturated heterocycles. The topological polar surface area (TPSA) is 54.7 Å². The van der Waals surface area contributed by atoms with Crippen LogP contribution in [0.1, 0.15) is 18.4 Å². The van der Waals surface area contributed by atoms with Crippen LogP contribution < -0.4 is 5.73 Å². The van der Waals surface area contributed by atoms with E-state index in [-0.39, 0.29) is 0 Å². The Hall–Kier alpha value is -1.26. The first kappa shape index (κ1) is 16.6. The summed E-state index contributed by atoms with van der Waals surface area (Å²) in [5.41, 5.74) is 9.53. The summed E-state index contributed by atoms with van der Waals surface area (Å²) in [5.74, 6) is 0. The normalized spacial score (nSPS) is 11.3. The molecule has 0 spiro atoms. The monoisotopic (exact) mass is 367 g/mol. The van der Waals surface area contributed by atoms with Crippen molar-refractivity contribution >= 4 is 45.7 Å². The maximum Gasteiger partial charge on any atom is 0.0682 e. The van der Waals surface area contributed by atoms with Crippen LogP contribution in [0.25, 0.3) is 22.2 Å². The SMILES string of the molecule is NCCCCc1c(-c2ccncc2Cl)[nH]c2c(Cl)cc(Cl)cc12. The molecule has 23 heavy (non-hydrogen) atoms. The Kier molecular flexibility index (Phi) is 5.12. The molecule has 0 unspecified atom stereocenters. The van der Waals surface area contributed by atoms with Gasteiger partial charge in [-0.3, -0.25) is 4.98 Å². The molecule has 0 aliphatic carbocycles. The van der Waals surface area contributed by atoms with Gasteiger partial charge in [-0.05, 0) is 49.6 Å². The van der Waals surface area contributed by atoms with Crippen LogP contribution in [-0.2, 0) is 6.42 Å². The summed E-state index contributed by atoms with van der Waals surface area (Å²) in [5, 5.41) is 2.85. The molecule has 0 fully saturated rings. The number of aromatic nitrogens is 2. The number of halogens is 3. The molecular formula is C17H16Cl3N3. The Morgan fingerprint density at radius 3 is 2.65 bits per heavy atom. The number of aryl methyl sites for hydroxylation is 1. The lowest BCUT2D eigenvalue weighted by molar-refractivity contribution is 0.748. The van der Waals surface area contributed by atoms with Crippen molar-refractivity contribution in [1.82, 2.24) is 9.97 Å². The first-order valence-corrected chi connectivity index (χ1v) is 8.54. The van der Waals surface area contributed by atoms with E-state index in [1.165, 1.54) is 0 Å². The molecule has 3 nitrogen and oxygen atoms in total. The van der Waals surface area contributed by atoms with E-state index >= 15 is 0 Å². The van der Waals surface area contributed by atoms with Gasteiger partial charge >= 0.3 is 0 Å². The number of nitrogens with two attached hydrogens (primary N) is 1. The van der Waals surface area contributed by atoms with Crippen LogP contribution >= 0.6 is 34.8 Å². The highest BCUT2D eigenvalue weighted by Gasteiger charge is 2.17. The van der Waals surface area contributed by atoms with E-state index in [0.29, 0.717) is 21.6 Å². The number of aromatic amines is 1. The Labute approximate surface area is 149 Å². The minimum absolute atomic E-state index is 0.598. The van der Waals surface area contributed by atoms with Gasteiger partial charge in [-0.25, -0.2) is 0 Å². The molecule has 0 atom stereocenters. The molecule has 3 N–H and O–H groups in total. The predicted octanol–water partition coefficient (Wildman–Crippen LogP) is 5.47. The molecule has 2 aromatic heterocycles. The molecule has 1 aromatic carbocycles. The summed E-state index contributed by atoms with van der Waals surface area (Å²) in [4.78, 5) is 7.46. The van der Waals surface area contributed by atoms with Crippen molar-refractivity contribution in [3.05, 3.63) is 51.2 Å². The Morgan fingerprint density at radius 1 is 1.09 bits per heavy atom. The van der Waals surface area contributed by atoms with E-state index in [9.17, 15) is 0 Å². The standard InChI is InChI=1S/C17H16Cl3N3/c18-10-7-13-11(3-1-2-5-21)16(23-17(13)14(19)8-10)12-4-6-22-9-15(12)20/h4,6-9,23H,1-3,5,21H2. The third-order valence-electron chi connectivity index (χ3n) is 3.85. The van der Waals surface area contributed by atoms with Crippen molar-refractivity contribution in [3.63, 3.8) is 0 Å². The van der Waals surface area contributed by atoms with Crippen molar-refractivity contribution in [1.29, 1.82) is 0 Å². The van der Waals surface area contributed by atoms with Gasteiger partial charge in [0.1, 0.15) is 0 Å². The summed E-state index contributed by atoms with van der Waals surface area (Å²) in [6.45, 7) is 0.676. The average Bonchev–Trinajstić information content (AvgIpc) is 2.87. The number of nitrogens with one attached hydrogen (secondary N) is 1. The average molecular weight is 369 g/mol. The molecule has 0 aliphatic rings. The minimum atomic E-state index is 0.598. The molecule has 0 radical (unpaired) electrons. The smallest absolute Gasteiger partial charge is 0.0682 e. The lowest BCUT2D eigenvalue weighted by Gasteiger charge is -2.06. The van der Waals surface area contributed by atoms with Gasteiger partial charge in [0.25, 0.3) is 0 Å². The van der Waals surface area contributed by atoms with E-state index in [0.717, 1.165) is 47.0 Å². The van der Waals surface area contributed by atoms with Crippen LogP contribution in [-0.4, -0.2) is 16.5 Å². The van der Waals surface area contributed by atoms with Crippen LogP contribution in [0.5, 0.6) is 0 Å². The molecule has 2 heterocycles. The molecule has 0 saturated carbocycles. The number of pyridine rings is 1. The molecule has 6 heteroatoms. The lowest BCUT2D eigenvalue weighted by Crippen LogP contribution is -1.99. The lowest BCUT2D eigenvalue weighted by atomic mass is 10.0. The highest BCUT2D eigenvalue weighted by atomic mass is 35.5. The maximum atomic E-state index is 6.36. The summed E-state index contributed by atoms with van der Waals surface area (Å²) in [6.07, 6.45) is 6.20. The van der Waals surface area contributed by atoms with Crippen molar-refractivity contribution < 1.29 is 0 Å². The number of hydrogen-bond acceptors (Lipinski definition) is 2. The molecule has 0 aliphatic heterocycles. The molecule has 3 aromatic rings. The Morgan fingerprint density at radius 2 is 1.91 bits per heavy atom. The van der Waals surface area contributed by atoms with Gasteiger partial charge in [-0.2, -0.15) is 0 Å². The number of unbranched alkanes of at least 4 members (excludes halogenated alkanes) is 1. The van der Waals surface area contributed by atoms with E-state index in [1.54, 1.807) is 18.5 Å². The van der Waals surface area contributed by atoms with Crippen molar-refractivity contribution in [3.8, 4) is 11.3 Å². The van der Waals surface area contributed by atoms with Gasteiger partial charge in [0, 0.05) is 28.4 Å². The first-order chi connectivity index (χ1) is 11.1. The van der Waals surface area contributed by atoms with Crippen molar-refractivity contribution in [2.45, 2.75) is 19.3 Å². The fourth-order valence-electron chi connectivity index (χ4n) is 2.79. The third kappa shape index (κ3) is 3.33. The van der Waals surface area contributed by atoms with E-state index in [1.807, 2.05) is 12.1 Å². The maximum absolute atomic E-state index is 6.36. The number of fused-ring (bicyclic) bond motifs is 1. The van der Waals surface area contributed by atoms with E-state index in [4.69, 9.17) is 40.5 Å². The van der Waals surface area contributed by atoms with Gasteiger partial charge in [-0.15, -0.1) is 0 Å². The van der Waals surface area contributed by atoms with E-state index < -0.39 is 0 Å². The van der Waals surface area contributed by atoms with Gasteiger partial charge in [-0.1, -0.05) is 34.8 Å². The second kappa shape index (κ2) is 7.10. The largest absolute Gasteiger partial charge is 0.353 e. The summed E-state index contributed by atoms with van der Waals surface area (Å²) in [6, 6.07) is 5.58. The summed E-state index contributed by atoms with van der Waals surface area (Å²) >= 11 is 18.9. The molecule has 0 amide bonds. The van der Waals surface area contributed by atoms with Crippen molar-refractivity contribution in [2.24, 2.45) is 5.73 Å². The van der Waals surface area contributed by atoms with Gasteiger partial charge in [0.05, 0.1) is 21.3 Å². The van der Waals surface area contributed by atoms with Crippen LogP contribution in [0, 0.1) is 0 Å². The minimum Gasteiger partial charge on any atom is -0.353 e. The first-order valence-electron chi connectivity index (χ1n) is 7.41. The number of nitrogens with zero attached hydrogens (tertiary/aromatic N) is 1. The Bertz CT molecular complexity index is 842. The quantitative estimate of drug-likeness (QED) is 0.586. The zero-order valence-corrected chi connectivity index (χ0v) is 14.6. The molecule has 3 rings (SSSR count). The second-order valence-corrected chi connectivity index (χ2v) is 6.64. The van der Waals surface area contributed by atoms with Crippen LogP contribution in [0.4, 0.5) is 0 Å². The summed E-state index contributed by atoms with van der Waals surface area (Å²) < 4.78 is 0.